The summed E-state index contributed by atoms with van der Waals surface area (Å²) in [4.78, 5) is 59.9. The molecule has 13 heteroatoms. The molecule has 3 aromatic carbocycles. The molecule has 4 atom stereocenters. The molecule has 1 saturated heterocycles. The fraction of sp³-hybridized carbons (Fsp3) is 0.256. The van der Waals surface area contributed by atoms with Crippen LogP contribution in [-0.2, 0) is 23.2 Å². The largest absolute Gasteiger partial charge is 0.508 e. The number of hydrogen-bond donors (Lipinski definition) is 1. The number of phenols is 1. The SMILES string of the molecule is Cc1cc(C2C3=CCn4c(=O)n(-c5ccccc5)c(=O)n4C3CC3C(=O)N(c4cc(-c5sc6ccc(Cl)cc6c5C)nn4C)C(=O)C32C)ccc1O. The number of aromatic nitrogens is 5. The average Bonchev–Trinajstić information content (AvgIpc) is 3.80. The van der Waals surface area contributed by atoms with Crippen molar-refractivity contribution in [3.63, 3.8) is 0 Å². The van der Waals surface area contributed by atoms with E-state index in [1.54, 1.807) is 72.5 Å². The van der Waals surface area contributed by atoms with Gasteiger partial charge in [0.25, 0.3) is 0 Å². The fourth-order valence-corrected chi connectivity index (χ4v) is 10.1. The highest BCUT2D eigenvalue weighted by Gasteiger charge is 2.66. The van der Waals surface area contributed by atoms with E-state index in [0.717, 1.165) is 36.2 Å². The Morgan fingerprint density at radius 2 is 1.73 bits per heavy atom. The number of carbonyl (C=O) groups excluding carboxylic acids is 2. The Balaban J connectivity index is 1.20. The Labute approximate surface area is 306 Å². The van der Waals surface area contributed by atoms with Gasteiger partial charge in [0, 0.05) is 28.8 Å². The van der Waals surface area contributed by atoms with Crippen molar-refractivity contribution in [3.8, 4) is 22.0 Å². The van der Waals surface area contributed by atoms with Crippen LogP contribution in [0.15, 0.2) is 94.0 Å². The van der Waals surface area contributed by atoms with Crippen molar-refractivity contribution in [1.82, 2.24) is 23.7 Å². The number of fused-ring (bicyclic) bond motifs is 5. The molecule has 262 valence electrons. The molecular weight excluding hydrogens is 700 g/mol. The van der Waals surface area contributed by atoms with Gasteiger partial charge in [0.1, 0.15) is 17.3 Å². The topological polar surface area (TPSA) is 124 Å². The number of anilines is 1. The summed E-state index contributed by atoms with van der Waals surface area (Å²) < 4.78 is 6.64. The number of benzene rings is 3. The first-order valence-corrected chi connectivity index (χ1v) is 18.2. The van der Waals surface area contributed by atoms with Gasteiger partial charge in [-0.15, -0.1) is 11.3 Å². The van der Waals surface area contributed by atoms with Gasteiger partial charge < -0.3 is 5.11 Å². The lowest BCUT2D eigenvalue weighted by Crippen LogP contribution is -2.49. The molecule has 2 fully saturated rings. The zero-order chi connectivity index (χ0) is 36.4. The number of carbonyl (C=O) groups is 2. The number of phenolic OH excluding ortho intramolecular Hbond substituents is 1. The second-order valence-corrected chi connectivity index (χ2v) is 15.6. The number of aryl methyl sites for hydroxylation is 3. The van der Waals surface area contributed by atoms with Gasteiger partial charge in [-0.3, -0.25) is 14.3 Å². The van der Waals surface area contributed by atoms with E-state index in [-0.39, 0.29) is 24.6 Å². The molecule has 9 rings (SSSR count). The number of para-hydroxylation sites is 1. The van der Waals surface area contributed by atoms with Crippen LogP contribution in [-0.4, -0.2) is 40.6 Å². The van der Waals surface area contributed by atoms with Crippen molar-refractivity contribution >= 4 is 50.7 Å². The molecule has 1 saturated carbocycles. The number of nitrogens with zero attached hydrogens (tertiary/aromatic N) is 6. The van der Waals surface area contributed by atoms with Crippen LogP contribution in [0.5, 0.6) is 5.75 Å². The number of aromatic hydroxyl groups is 1. The lowest BCUT2D eigenvalue weighted by atomic mass is 9.56. The number of thiophene rings is 1. The van der Waals surface area contributed by atoms with E-state index in [1.807, 2.05) is 50.3 Å². The lowest BCUT2D eigenvalue weighted by molar-refractivity contribution is -0.129. The second-order valence-electron chi connectivity index (χ2n) is 14.1. The third-order valence-electron chi connectivity index (χ3n) is 11.3. The monoisotopic (exact) mass is 732 g/mol. The smallest absolute Gasteiger partial charge is 0.352 e. The van der Waals surface area contributed by atoms with Crippen LogP contribution in [0, 0.1) is 25.2 Å². The van der Waals surface area contributed by atoms with E-state index in [0.29, 0.717) is 27.8 Å². The van der Waals surface area contributed by atoms with Crippen molar-refractivity contribution in [2.45, 2.75) is 45.7 Å². The fourth-order valence-electron chi connectivity index (χ4n) is 8.75. The van der Waals surface area contributed by atoms with Crippen molar-refractivity contribution in [3.05, 3.63) is 127 Å². The summed E-state index contributed by atoms with van der Waals surface area (Å²) in [5.41, 5.74) is 1.97. The second kappa shape index (κ2) is 11.3. The maximum atomic E-state index is 15.0. The van der Waals surface area contributed by atoms with Gasteiger partial charge in [0.05, 0.1) is 34.5 Å². The van der Waals surface area contributed by atoms with Gasteiger partial charge in [-0.2, -0.15) is 5.10 Å². The summed E-state index contributed by atoms with van der Waals surface area (Å²) in [7, 11) is 1.72. The highest BCUT2D eigenvalue weighted by Crippen LogP contribution is 2.61. The van der Waals surface area contributed by atoms with Gasteiger partial charge in [-0.05, 0) is 91.2 Å². The minimum atomic E-state index is -1.26. The molecular formula is C39H33ClN6O5S. The van der Waals surface area contributed by atoms with Crippen molar-refractivity contribution in [2.24, 2.45) is 18.4 Å². The van der Waals surface area contributed by atoms with Crippen LogP contribution in [0.25, 0.3) is 26.3 Å². The number of amides is 2. The maximum Gasteiger partial charge on any atom is 0.352 e. The highest BCUT2D eigenvalue weighted by molar-refractivity contribution is 7.22. The predicted octanol–water partition coefficient (Wildman–Crippen LogP) is 6.26. The molecule has 1 N–H and O–H groups in total. The third kappa shape index (κ3) is 4.34. The van der Waals surface area contributed by atoms with E-state index in [9.17, 15) is 19.5 Å². The normalized spacial score (nSPS) is 22.4. The number of imide groups is 1. The summed E-state index contributed by atoms with van der Waals surface area (Å²) in [6.07, 6.45) is 2.06. The zero-order valence-electron chi connectivity index (χ0n) is 28.7. The molecule has 1 aliphatic carbocycles. The zero-order valence-corrected chi connectivity index (χ0v) is 30.3. The minimum absolute atomic E-state index is 0.108. The Hall–Kier alpha value is -5.46. The van der Waals surface area contributed by atoms with E-state index < -0.39 is 40.6 Å². The van der Waals surface area contributed by atoms with Gasteiger partial charge in [-0.25, -0.2) is 28.4 Å². The standard InChI is InChI=1S/C39H33ClN6O5S/c1-20-16-22(10-12-30(20)47)33-25-14-15-43-37(50)44(24-8-6-5-7-9-24)38(51)46(43)29(25)18-27-35(48)45(36(49)39(27,33)3)32-19-28(41-42(32)4)34-21(2)26-17-23(40)11-13-31(26)52-34/h5-14,16-17,19,27,29,33,47H,15,18H2,1-4H3. The minimum Gasteiger partial charge on any atom is -0.508 e. The summed E-state index contributed by atoms with van der Waals surface area (Å²) in [5.74, 6) is -1.80. The lowest BCUT2D eigenvalue weighted by Gasteiger charge is -2.47. The first-order chi connectivity index (χ1) is 24.9. The van der Waals surface area contributed by atoms with Gasteiger partial charge in [0.15, 0.2) is 0 Å². The van der Waals surface area contributed by atoms with Gasteiger partial charge >= 0.3 is 11.4 Å². The third-order valence-corrected chi connectivity index (χ3v) is 12.9. The van der Waals surface area contributed by atoms with E-state index >= 15 is 4.79 Å². The number of allylic oxidation sites excluding steroid dienone is 2. The molecule has 52 heavy (non-hydrogen) atoms. The average molecular weight is 733 g/mol. The molecule has 5 heterocycles. The number of rotatable bonds is 4. The summed E-state index contributed by atoms with van der Waals surface area (Å²) in [5, 5.41) is 16.9. The maximum absolute atomic E-state index is 15.0. The molecule has 0 radical (unpaired) electrons. The van der Waals surface area contributed by atoms with E-state index in [2.05, 4.69) is 0 Å². The van der Waals surface area contributed by atoms with Crippen LogP contribution in [0.4, 0.5) is 5.82 Å². The highest BCUT2D eigenvalue weighted by atomic mass is 35.5. The first-order valence-electron chi connectivity index (χ1n) is 17.0. The number of hydrogen-bond acceptors (Lipinski definition) is 7. The van der Waals surface area contributed by atoms with Crippen LogP contribution >= 0.6 is 22.9 Å². The summed E-state index contributed by atoms with van der Waals surface area (Å²) in [6.45, 7) is 5.74. The Kier molecular flexibility index (Phi) is 7.03. The van der Waals surface area contributed by atoms with Crippen LogP contribution in [0.1, 0.15) is 42.0 Å². The molecule has 2 amide bonds. The Morgan fingerprint density at radius 3 is 2.48 bits per heavy atom. The van der Waals surface area contributed by atoms with Crippen LogP contribution in [0.2, 0.25) is 5.02 Å². The van der Waals surface area contributed by atoms with Crippen LogP contribution in [0.3, 0.4) is 0 Å². The van der Waals surface area contributed by atoms with Crippen molar-refractivity contribution < 1.29 is 14.7 Å². The van der Waals surface area contributed by atoms with Crippen molar-refractivity contribution in [2.75, 3.05) is 4.90 Å². The van der Waals surface area contributed by atoms with E-state index in [1.165, 1.54) is 14.3 Å². The Bertz CT molecular complexity index is 2680. The van der Waals surface area contributed by atoms with Crippen LogP contribution < -0.4 is 16.3 Å². The summed E-state index contributed by atoms with van der Waals surface area (Å²) in [6, 6.07) is 20.8. The Morgan fingerprint density at radius 1 is 0.962 bits per heavy atom. The molecule has 0 spiro atoms. The quantitative estimate of drug-likeness (QED) is 0.169. The summed E-state index contributed by atoms with van der Waals surface area (Å²) >= 11 is 7.88. The molecule has 11 nitrogen and oxygen atoms in total. The first kappa shape index (κ1) is 32.4. The molecule has 2 aliphatic heterocycles. The molecule has 3 aromatic heterocycles. The van der Waals surface area contributed by atoms with Crippen molar-refractivity contribution in [1.29, 1.82) is 0 Å². The molecule has 6 aromatic rings. The van der Waals surface area contributed by atoms with Gasteiger partial charge in [0.2, 0.25) is 11.8 Å². The van der Waals surface area contributed by atoms with Gasteiger partial charge in [-0.1, -0.05) is 48.0 Å². The molecule has 0 bridgehead atoms. The molecule has 4 unspecified atom stereocenters. The molecule has 3 aliphatic rings. The predicted molar refractivity (Wildman–Crippen MR) is 199 cm³/mol. The number of halogens is 1. The van der Waals surface area contributed by atoms with E-state index in [4.69, 9.17) is 16.7 Å².